The highest BCUT2D eigenvalue weighted by atomic mass is 32.1. The Hall–Kier alpha value is -3.71. The van der Waals surface area contributed by atoms with Gasteiger partial charge in [-0.15, -0.1) is 11.3 Å². The summed E-state index contributed by atoms with van der Waals surface area (Å²) in [5, 5.41) is 7.63. The number of nitrogens with zero attached hydrogens (tertiary/aromatic N) is 1. The van der Waals surface area contributed by atoms with Gasteiger partial charge in [-0.05, 0) is 55.1 Å². The lowest BCUT2D eigenvalue weighted by molar-refractivity contribution is 0.101. The minimum absolute atomic E-state index is 0.219. The molecule has 4 rings (SSSR count). The molecule has 4 aromatic rings. The molecule has 0 bridgehead atoms. The zero-order valence-corrected chi connectivity index (χ0v) is 17.2. The number of anilines is 2. The highest BCUT2D eigenvalue weighted by molar-refractivity contribution is 7.13. The number of aryl methyl sites for hydroxylation is 1. The number of benzene rings is 2. The summed E-state index contributed by atoms with van der Waals surface area (Å²) < 4.78 is 5.65. The highest BCUT2D eigenvalue weighted by Crippen LogP contribution is 2.27. The lowest BCUT2D eigenvalue weighted by Crippen LogP contribution is -2.17. The lowest BCUT2D eigenvalue weighted by Gasteiger charge is -2.12. The first-order chi connectivity index (χ1) is 14.5. The van der Waals surface area contributed by atoms with Crippen molar-refractivity contribution in [3.8, 4) is 10.8 Å². The zero-order chi connectivity index (χ0) is 21.1. The van der Waals surface area contributed by atoms with Crippen LogP contribution in [0.3, 0.4) is 0 Å². The van der Waals surface area contributed by atoms with Crippen LogP contribution in [-0.4, -0.2) is 16.8 Å². The first-order valence-corrected chi connectivity index (χ1v) is 10.2. The van der Waals surface area contributed by atoms with E-state index in [9.17, 15) is 9.59 Å². The van der Waals surface area contributed by atoms with Gasteiger partial charge in [-0.2, -0.15) is 0 Å². The Balaban J connectivity index is 1.55. The van der Waals surface area contributed by atoms with Crippen molar-refractivity contribution in [1.29, 1.82) is 0 Å². The molecule has 0 saturated heterocycles. The second-order valence-corrected chi connectivity index (χ2v) is 7.60. The van der Waals surface area contributed by atoms with Gasteiger partial charge in [-0.25, -0.2) is 4.98 Å². The summed E-state index contributed by atoms with van der Waals surface area (Å²) in [7, 11) is 0. The predicted octanol–water partition coefficient (Wildman–Crippen LogP) is 5.52. The third-order valence-corrected chi connectivity index (χ3v) is 5.46. The third-order valence-electron chi connectivity index (χ3n) is 4.60. The van der Waals surface area contributed by atoms with Crippen molar-refractivity contribution in [1.82, 2.24) is 4.98 Å². The Morgan fingerprint density at radius 3 is 2.43 bits per heavy atom. The predicted molar refractivity (Wildman–Crippen MR) is 118 cm³/mol. The summed E-state index contributed by atoms with van der Waals surface area (Å²) in [4.78, 5) is 30.7. The van der Waals surface area contributed by atoms with Gasteiger partial charge in [0.2, 0.25) is 5.89 Å². The van der Waals surface area contributed by atoms with Crippen LogP contribution in [0.1, 0.15) is 32.2 Å². The van der Waals surface area contributed by atoms with Crippen LogP contribution in [0.2, 0.25) is 0 Å². The fourth-order valence-electron chi connectivity index (χ4n) is 3.03. The highest BCUT2D eigenvalue weighted by Gasteiger charge is 2.20. The summed E-state index contributed by atoms with van der Waals surface area (Å²) >= 11 is 1.49. The molecule has 0 saturated carbocycles. The zero-order valence-electron chi connectivity index (χ0n) is 16.4. The van der Waals surface area contributed by atoms with Crippen molar-refractivity contribution < 1.29 is 14.0 Å². The van der Waals surface area contributed by atoms with Crippen LogP contribution >= 0.6 is 11.3 Å². The molecule has 6 nitrogen and oxygen atoms in total. The molecular formula is C23H19N3O3S. The summed E-state index contributed by atoms with van der Waals surface area (Å²) in [6, 6.07) is 18.2. The van der Waals surface area contributed by atoms with Gasteiger partial charge in [-0.3, -0.25) is 9.59 Å². The molecule has 2 aromatic heterocycles. The van der Waals surface area contributed by atoms with Gasteiger partial charge in [0.25, 0.3) is 11.8 Å². The molecule has 0 spiro atoms. The van der Waals surface area contributed by atoms with Gasteiger partial charge < -0.3 is 15.1 Å². The van der Waals surface area contributed by atoms with E-state index in [1.807, 2.05) is 47.8 Å². The van der Waals surface area contributed by atoms with Crippen molar-refractivity contribution in [2.24, 2.45) is 0 Å². The number of thiophene rings is 1. The fraction of sp³-hybridized carbons (Fsp3) is 0.0870. The summed E-state index contributed by atoms with van der Waals surface area (Å²) in [6.45, 7) is 3.50. The molecule has 2 N–H and O–H groups in total. The average molecular weight is 417 g/mol. The molecule has 0 unspecified atom stereocenters. The molecule has 2 amide bonds. The van der Waals surface area contributed by atoms with Crippen molar-refractivity contribution in [2.75, 3.05) is 10.6 Å². The number of amides is 2. The van der Waals surface area contributed by atoms with E-state index in [2.05, 4.69) is 15.6 Å². The van der Waals surface area contributed by atoms with Crippen molar-refractivity contribution in [3.63, 3.8) is 0 Å². The molecule has 0 aliphatic heterocycles. The second-order valence-electron chi connectivity index (χ2n) is 6.65. The van der Waals surface area contributed by atoms with E-state index in [1.165, 1.54) is 11.3 Å². The number of nitrogens with one attached hydrogen (secondary N) is 2. The van der Waals surface area contributed by atoms with Crippen LogP contribution in [-0.2, 0) is 0 Å². The summed E-state index contributed by atoms with van der Waals surface area (Å²) in [5.74, 6) is 0.224. The maximum atomic E-state index is 12.8. The first-order valence-electron chi connectivity index (χ1n) is 9.31. The first kappa shape index (κ1) is 19.6. The molecular weight excluding hydrogens is 398 g/mol. The van der Waals surface area contributed by atoms with Crippen LogP contribution < -0.4 is 10.6 Å². The van der Waals surface area contributed by atoms with E-state index in [-0.39, 0.29) is 17.5 Å². The van der Waals surface area contributed by atoms with Gasteiger partial charge in [0.15, 0.2) is 5.69 Å². The number of hydrogen-bond donors (Lipinski definition) is 2. The number of hydrogen-bond acceptors (Lipinski definition) is 5. The monoisotopic (exact) mass is 417 g/mol. The van der Waals surface area contributed by atoms with Gasteiger partial charge in [0.1, 0.15) is 5.76 Å². The van der Waals surface area contributed by atoms with E-state index >= 15 is 0 Å². The normalized spacial score (nSPS) is 10.6. The van der Waals surface area contributed by atoms with Crippen LogP contribution in [0.5, 0.6) is 0 Å². The molecule has 0 atom stereocenters. The maximum absolute atomic E-state index is 12.8. The molecule has 0 radical (unpaired) electrons. The third kappa shape index (κ3) is 4.01. The number of carbonyl (C=O) groups is 2. The topological polar surface area (TPSA) is 84.2 Å². The molecule has 0 aliphatic carbocycles. The van der Waals surface area contributed by atoms with Gasteiger partial charge >= 0.3 is 0 Å². The maximum Gasteiger partial charge on any atom is 0.277 e. The van der Waals surface area contributed by atoms with E-state index < -0.39 is 0 Å². The molecule has 2 heterocycles. The van der Waals surface area contributed by atoms with E-state index in [1.54, 1.807) is 32.0 Å². The molecule has 7 heteroatoms. The van der Waals surface area contributed by atoms with Crippen molar-refractivity contribution in [3.05, 3.63) is 88.6 Å². The molecule has 0 fully saturated rings. The molecule has 2 aromatic carbocycles. The Morgan fingerprint density at radius 2 is 1.70 bits per heavy atom. The Labute approximate surface area is 177 Å². The van der Waals surface area contributed by atoms with Crippen LogP contribution in [0.4, 0.5) is 11.4 Å². The summed E-state index contributed by atoms with van der Waals surface area (Å²) in [6.07, 6.45) is 0. The van der Waals surface area contributed by atoms with Crippen molar-refractivity contribution >= 4 is 34.5 Å². The average Bonchev–Trinajstić information content (AvgIpc) is 3.40. The fourth-order valence-corrected chi connectivity index (χ4v) is 3.68. The number of oxazole rings is 1. The van der Waals surface area contributed by atoms with Crippen LogP contribution in [0.25, 0.3) is 10.8 Å². The SMILES string of the molecule is Cc1oc(-c2cccs2)nc1C(=O)Nc1cccc(C(=O)Nc2ccccc2)c1C. The van der Waals surface area contributed by atoms with Crippen molar-refractivity contribution in [2.45, 2.75) is 13.8 Å². The summed E-state index contributed by atoms with van der Waals surface area (Å²) in [5.41, 5.74) is 2.61. The lowest BCUT2D eigenvalue weighted by atomic mass is 10.1. The quantitative estimate of drug-likeness (QED) is 0.447. The van der Waals surface area contributed by atoms with E-state index in [0.717, 1.165) is 4.88 Å². The molecule has 0 aliphatic rings. The van der Waals surface area contributed by atoms with E-state index in [0.29, 0.717) is 34.2 Å². The Bertz CT molecular complexity index is 1200. The van der Waals surface area contributed by atoms with Gasteiger partial charge in [0, 0.05) is 16.9 Å². The number of para-hydroxylation sites is 1. The smallest absolute Gasteiger partial charge is 0.277 e. The van der Waals surface area contributed by atoms with Gasteiger partial charge in [0.05, 0.1) is 4.88 Å². The number of rotatable bonds is 5. The number of carbonyl (C=O) groups excluding carboxylic acids is 2. The molecule has 150 valence electrons. The standard InChI is InChI=1S/C23H19N3O3S/c1-14-17(21(27)24-16-8-4-3-5-9-16)10-6-11-18(14)25-22(28)20-15(2)29-23(26-20)19-12-7-13-30-19/h3-13H,1-2H3,(H,24,27)(H,25,28). The van der Waals surface area contributed by atoms with Crippen LogP contribution in [0.15, 0.2) is 70.5 Å². The second kappa shape index (κ2) is 8.34. The molecule has 30 heavy (non-hydrogen) atoms. The van der Waals surface area contributed by atoms with Gasteiger partial charge in [-0.1, -0.05) is 30.3 Å². The minimum Gasteiger partial charge on any atom is -0.440 e. The van der Waals surface area contributed by atoms with E-state index in [4.69, 9.17) is 4.42 Å². The Kier molecular flexibility index (Phi) is 5.45. The van der Waals surface area contributed by atoms with Crippen LogP contribution in [0, 0.1) is 13.8 Å². The largest absolute Gasteiger partial charge is 0.440 e. The minimum atomic E-state index is -0.386. The Morgan fingerprint density at radius 1 is 0.900 bits per heavy atom. The number of aromatic nitrogens is 1.